The van der Waals surface area contributed by atoms with Crippen LogP contribution in [0.15, 0.2) is 18.5 Å². The fourth-order valence-electron chi connectivity index (χ4n) is 1.87. The molecule has 1 aliphatic carbocycles. The minimum absolute atomic E-state index is 0.0145. The van der Waals surface area contributed by atoms with Gasteiger partial charge in [0.1, 0.15) is 0 Å². The number of amides is 1. The van der Waals surface area contributed by atoms with E-state index in [4.69, 9.17) is 5.73 Å². The van der Waals surface area contributed by atoms with E-state index in [1.54, 1.807) is 17.2 Å². The van der Waals surface area contributed by atoms with E-state index in [9.17, 15) is 4.79 Å². The Morgan fingerprint density at radius 1 is 1.62 bits per heavy atom. The molecule has 1 aromatic rings. The van der Waals surface area contributed by atoms with Gasteiger partial charge in [-0.25, -0.2) is 0 Å². The van der Waals surface area contributed by atoms with Crippen LogP contribution in [0, 0.1) is 5.92 Å². The first-order valence-electron chi connectivity index (χ1n) is 5.58. The molecule has 0 aliphatic heterocycles. The Kier molecular flexibility index (Phi) is 2.81. The van der Waals surface area contributed by atoms with Gasteiger partial charge in [-0.3, -0.25) is 9.78 Å². The molecule has 1 atom stereocenters. The summed E-state index contributed by atoms with van der Waals surface area (Å²) in [5.74, 6) is 0.649. The summed E-state index contributed by atoms with van der Waals surface area (Å²) in [6.45, 7) is 2.09. The molecule has 1 heterocycles. The molecule has 4 nitrogen and oxygen atoms in total. The molecule has 0 bridgehead atoms. The maximum Gasteiger partial charge on any atom is 0.256 e. The summed E-state index contributed by atoms with van der Waals surface area (Å²) in [5.41, 5.74) is 6.73. The number of aromatic nitrogens is 1. The smallest absolute Gasteiger partial charge is 0.256 e. The van der Waals surface area contributed by atoms with Gasteiger partial charge in [-0.05, 0) is 31.7 Å². The highest BCUT2D eigenvalue weighted by Gasteiger charge is 2.33. The number of carbonyl (C=O) groups is 1. The molecule has 0 spiro atoms. The van der Waals surface area contributed by atoms with E-state index in [1.807, 2.05) is 7.05 Å². The second-order valence-electron chi connectivity index (χ2n) is 4.46. The van der Waals surface area contributed by atoms with Crippen LogP contribution in [0.25, 0.3) is 0 Å². The fraction of sp³-hybridized carbons (Fsp3) is 0.500. The minimum Gasteiger partial charge on any atom is -0.397 e. The molecule has 1 unspecified atom stereocenters. The van der Waals surface area contributed by atoms with Gasteiger partial charge in [0.2, 0.25) is 0 Å². The van der Waals surface area contributed by atoms with Crippen LogP contribution in [0.5, 0.6) is 0 Å². The summed E-state index contributed by atoms with van der Waals surface area (Å²) in [5, 5.41) is 0. The van der Waals surface area contributed by atoms with Crippen LogP contribution < -0.4 is 5.73 Å². The maximum atomic E-state index is 12.2. The van der Waals surface area contributed by atoms with Crippen molar-refractivity contribution >= 4 is 11.6 Å². The van der Waals surface area contributed by atoms with Gasteiger partial charge in [0.15, 0.2) is 0 Å². The van der Waals surface area contributed by atoms with Crippen LogP contribution in [-0.2, 0) is 0 Å². The molecular weight excluding hydrogens is 202 g/mol. The molecule has 86 valence electrons. The van der Waals surface area contributed by atoms with Crippen molar-refractivity contribution in [2.45, 2.75) is 25.8 Å². The second kappa shape index (κ2) is 4.12. The first-order chi connectivity index (χ1) is 7.61. The molecule has 4 heteroatoms. The monoisotopic (exact) mass is 219 g/mol. The Morgan fingerprint density at radius 3 is 2.88 bits per heavy atom. The maximum absolute atomic E-state index is 12.2. The lowest BCUT2D eigenvalue weighted by Crippen LogP contribution is -2.36. The van der Waals surface area contributed by atoms with E-state index in [-0.39, 0.29) is 5.91 Å². The van der Waals surface area contributed by atoms with Crippen molar-refractivity contribution in [2.24, 2.45) is 5.92 Å². The molecule has 0 radical (unpaired) electrons. The summed E-state index contributed by atoms with van der Waals surface area (Å²) in [7, 11) is 1.84. The predicted molar refractivity (Wildman–Crippen MR) is 62.9 cm³/mol. The molecule has 1 saturated carbocycles. The molecule has 2 N–H and O–H groups in total. The van der Waals surface area contributed by atoms with Crippen LogP contribution in [0.4, 0.5) is 5.69 Å². The van der Waals surface area contributed by atoms with E-state index >= 15 is 0 Å². The van der Waals surface area contributed by atoms with Gasteiger partial charge in [-0.2, -0.15) is 0 Å². The fourth-order valence-corrected chi connectivity index (χ4v) is 1.87. The quantitative estimate of drug-likeness (QED) is 0.838. The van der Waals surface area contributed by atoms with E-state index in [0.29, 0.717) is 23.2 Å². The number of pyridine rings is 1. The minimum atomic E-state index is -0.0145. The molecule has 1 aromatic heterocycles. The largest absolute Gasteiger partial charge is 0.397 e. The number of hydrogen-bond donors (Lipinski definition) is 1. The molecule has 1 aliphatic rings. The number of rotatable bonds is 3. The molecule has 0 saturated heterocycles. The second-order valence-corrected chi connectivity index (χ2v) is 4.46. The summed E-state index contributed by atoms with van der Waals surface area (Å²) in [4.78, 5) is 17.8. The normalized spacial score (nSPS) is 16.9. The zero-order valence-corrected chi connectivity index (χ0v) is 9.68. The Bertz CT molecular complexity index is 401. The van der Waals surface area contributed by atoms with E-state index in [1.165, 1.54) is 19.0 Å². The van der Waals surface area contributed by atoms with Gasteiger partial charge >= 0.3 is 0 Å². The first kappa shape index (κ1) is 10.9. The number of carbonyl (C=O) groups excluding carboxylic acids is 1. The van der Waals surface area contributed by atoms with Crippen molar-refractivity contribution in [2.75, 3.05) is 12.8 Å². The summed E-state index contributed by atoms with van der Waals surface area (Å²) in [6, 6.07) is 1.97. The summed E-state index contributed by atoms with van der Waals surface area (Å²) in [6.07, 6.45) is 5.57. The SMILES string of the molecule is CC(C1CC1)N(C)C(=O)c1ccncc1N. The third-order valence-corrected chi connectivity index (χ3v) is 3.32. The van der Waals surface area contributed by atoms with Crippen LogP contribution in [0.1, 0.15) is 30.1 Å². The Labute approximate surface area is 95.5 Å². The molecule has 16 heavy (non-hydrogen) atoms. The Morgan fingerprint density at radius 2 is 2.31 bits per heavy atom. The lowest BCUT2D eigenvalue weighted by atomic mass is 10.1. The lowest BCUT2D eigenvalue weighted by molar-refractivity contribution is 0.0728. The van der Waals surface area contributed by atoms with Gasteiger partial charge in [0.25, 0.3) is 5.91 Å². The van der Waals surface area contributed by atoms with Gasteiger partial charge in [0, 0.05) is 19.3 Å². The number of nitrogens with zero attached hydrogens (tertiary/aromatic N) is 2. The van der Waals surface area contributed by atoms with Gasteiger partial charge in [-0.1, -0.05) is 0 Å². The van der Waals surface area contributed by atoms with Gasteiger partial charge in [-0.15, -0.1) is 0 Å². The summed E-state index contributed by atoms with van der Waals surface area (Å²) < 4.78 is 0. The van der Waals surface area contributed by atoms with Crippen molar-refractivity contribution in [1.82, 2.24) is 9.88 Å². The average molecular weight is 219 g/mol. The van der Waals surface area contributed by atoms with Crippen LogP contribution in [0.3, 0.4) is 0 Å². The van der Waals surface area contributed by atoms with Crippen molar-refractivity contribution in [3.8, 4) is 0 Å². The number of nitrogen functional groups attached to an aromatic ring is 1. The standard InChI is InChI=1S/C12H17N3O/c1-8(9-3-4-9)15(2)12(16)10-5-6-14-7-11(10)13/h5-9H,3-4,13H2,1-2H3. The summed E-state index contributed by atoms with van der Waals surface area (Å²) >= 11 is 0. The highest BCUT2D eigenvalue weighted by Crippen LogP contribution is 2.35. The molecule has 2 rings (SSSR count). The van der Waals surface area contributed by atoms with Crippen LogP contribution in [-0.4, -0.2) is 28.9 Å². The van der Waals surface area contributed by atoms with Crippen LogP contribution >= 0.6 is 0 Å². The number of anilines is 1. The highest BCUT2D eigenvalue weighted by molar-refractivity contribution is 5.98. The highest BCUT2D eigenvalue weighted by atomic mass is 16.2. The van der Waals surface area contributed by atoms with Gasteiger partial charge < -0.3 is 10.6 Å². The molecular formula is C12H17N3O. The first-order valence-corrected chi connectivity index (χ1v) is 5.58. The third-order valence-electron chi connectivity index (χ3n) is 3.32. The zero-order chi connectivity index (χ0) is 11.7. The van der Waals surface area contributed by atoms with Crippen molar-refractivity contribution in [3.05, 3.63) is 24.0 Å². The predicted octanol–water partition coefficient (Wildman–Crippen LogP) is 1.53. The van der Waals surface area contributed by atoms with Crippen molar-refractivity contribution in [3.63, 3.8) is 0 Å². The molecule has 1 amide bonds. The van der Waals surface area contributed by atoms with Crippen molar-refractivity contribution < 1.29 is 4.79 Å². The van der Waals surface area contributed by atoms with E-state index < -0.39 is 0 Å². The number of nitrogens with two attached hydrogens (primary N) is 1. The molecule has 0 aromatic carbocycles. The lowest BCUT2D eigenvalue weighted by Gasteiger charge is -2.25. The van der Waals surface area contributed by atoms with Crippen molar-refractivity contribution in [1.29, 1.82) is 0 Å². The third kappa shape index (κ3) is 2.01. The zero-order valence-electron chi connectivity index (χ0n) is 9.68. The Hall–Kier alpha value is -1.58. The van der Waals surface area contributed by atoms with E-state index in [2.05, 4.69) is 11.9 Å². The van der Waals surface area contributed by atoms with Gasteiger partial charge in [0.05, 0.1) is 17.4 Å². The topological polar surface area (TPSA) is 59.2 Å². The molecule has 1 fully saturated rings. The van der Waals surface area contributed by atoms with Crippen LogP contribution in [0.2, 0.25) is 0 Å². The number of hydrogen-bond acceptors (Lipinski definition) is 3. The van der Waals surface area contributed by atoms with E-state index in [0.717, 1.165) is 0 Å². The Balaban J connectivity index is 2.15. The average Bonchev–Trinajstić information content (AvgIpc) is 3.11.